The van der Waals surface area contributed by atoms with Crippen LogP contribution >= 0.6 is 0 Å². The first-order chi connectivity index (χ1) is 11.9. The van der Waals surface area contributed by atoms with E-state index in [1.54, 1.807) is 0 Å². The van der Waals surface area contributed by atoms with Gasteiger partial charge in [-0.3, -0.25) is 4.98 Å². The minimum absolute atomic E-state index is 0.0494. The summed E-state index contributed by atoms with van der Waals surface area (Å²) in [6, 6.07) is 8.78. The zero-order chi connectivity index (χ0) is 17.6. The van der Waals surface area contributed by atoms with Gasteiger partial charge in [0.25, 0.3) is 0 Å². The van der Waals surface area contributed by atoms with Gasteiger partial charge in [-0.1, -0.05) is 38.8 Å². The highest BCUT2D eigenvalue weighted by Gasteiger charge is 2.35. The van der Waals surface area contributed by atoms with Gasteiger partial charge in [0.2, 0.25) is 0 Å². The molecule has 3 heteroatoms. The highest BCUT2D eigenvalue weighted by atomic mass is 19.1. The highest BCUT2D eigenvalue weighted by Crippen LogP contribution is 2.45. The number of nitrogens with zero attached hydrogens (tertiary/aromatic N) is 1. The summed E-state index contributed by atoms with van der Waals surface area (Å²) in [5, 5.41) is 10.8. The van der Waals surface area contributed by atoms with E-state index in [-0.39, 0.29) is 11.2 Å². The fraction of sp³-hybridized carbons (Fsp3) is 0.500. The first-order valence-corrected chi connectivity index (χ1v) is 9.41. The van der Waals surface area contributed by atoms with Crippen molar-refractivity contribution >= 4 is 0 Å². The lowest BCUT2D eigenvalue weighted by atomic mass is 9.73. The Hall–Kier alpha value is -1.74. The van der Waals surface area contributed by atoms with E-state index in [9.17, 15) is 9.50 Å². The van der Waals surface area contributed by atoms with Gasteiger partial charge in [-0.2, -0.15) is 0 Å². The van der Waals surface area contributed by atoms with Crippen LogP contribution in [0.5, 0.6) is 0 Å². The van der Waals surface area contributed by atoms with Crippen LogP contribution < -0.4 is 0 Å². The van der Waals surface area contributed by atoms with Gasteiger partial charge in [0, 0.05) is 22.9 Å². The average Bonchev–Trinajstić information content (AvgIpc) is 3.07. The van der Waals surface area contributed by atoms with Crippen LogP contribution in [0, 0.1) is 11.2 Å². The molecule has 0 bridgehead atoms. The van der Waals surface area contributed by atoms with Crippen LogP contribution in [-0.4, -0.2) is 10.1 Å². The largest absolute Gasteiger partial charge is 0.388 e. The number of hydrogen-bond donors (Lipinski definition) is 1. The van der Waals surface area contributed by atoms with Gasteiger partial charge in [-0.05, 0) is 60.4 Å². The molecule has 2 nitrogen and oxygen atoms in total. The normalized spacial score (nSPS) is 22.8. The van der Waals surface area contributed by atoms with Gasteiger partial charge in [-0.25, -0.2) is 4.39 Å². The second kappa shape index (κ2) is 6.21. The molecule has 132 valence electrons. The smallest absolute Gasteiger partial charge is 0.123 e. The van der Waals surface area contributed by atoms with Crippen molar-refractivity contribution in [2.45, 2.75) is 64.4 Å². The Bertz CT molecular complexity index is 775. The summed E-state index contributed by atoms with van der Waals surface area (Å²) < 4.78 is 13.4. The summed E-state index contributed by atoms with van der Waals surface area (Å²) in [4.78, 5) is 5.01. The van der Waals surface area contributed by atoms with Gasteiger partial charge in [0.15, 0.2) is 0 Å². The van der Waals surface area contributed by atoms with Crippen LogP contribution in [0.25, 0.3) is 11.1 Å². The predicted octanol–water partition coefficient (Wildman–Crippen LogP) is 5.55. The number of benzene rings is 1. The molecule has 0 spiro atoms. The molecule has 1 atom stereocenters. The Morgan fingerprint density at radius 3 is 2.48 bits per heavy atom. The maximum atomic E-state index is 13.4. The van der Waals surface area contributed by atoms with E-state index in [0.717, 1.165) is 40.9 Å². The van der Waals surface area contributed by atoms with E-state index in [4.69, 9.17) is 4.98 Å². The van der Waals surface area contributed by atoms with Crippen molar-refractivity contribution in [1.29, 1.82) is 0 Å². The molecule has 25 heavy (non-hydrogen) atoms. The molecule has 1 heterocycles. The van der Waals surface area contributed by atoms with Crippen LogP contribution in [0.2, 0.25) is 0 Å². The Morgan fingerprint density at radius 2 is 1.80 bits per heavy atom. The Labute approximate surface area is 149 Å². The van der Waals surface area contributed by atoms with Gasteiger partial charge < -0.3 is 5.11 Å². The molecule has 0 radical (unpaired) electrons. The monoisotopic (exact) mass is 339 g/mol. The lowest BCUT2D eigenvalue weighted by Crippen LogP contribution is -2.27. The van der Waals surface area contributed by atoms with E-state index in [1.807, 2.05) is 12.1 Å². The Kier molecular flexibility index (Phi) is 4.15. The number of hydrogen-bond acceptors (Lipinski definition) is 2. The fourth-order valence-electron chi connectivity index (χ4n) is 4.59. The van der Waals surface area contributed by atoms with Crippen molar-refractivity contribution in [3.05, 3.63) is 53.1 Å². The SMILES string of the molecule is CC1(C)Cc2nc(C3CCCC3)cc(-c3ccc(F)cc3)c2C(O)C1. The van der Waals surface area contributed by atoms with E-state index in [0.29, 0.717) is 5.92 Å². The predicted molar refractivity (Wildman–Crippen MR) is 97.9 cm³/mol. The highest BCUT2D eigenvalue weighted by molar-refractivity contribution is 5.69. The summed E-state index contributed by atoms with van der Waals surface area (Å²) in [6.07, 6.45) is 6.03. The van der Waals surface area contributed by atoms with Crippen molar-refractivity contribution in [2.24, 2.45) is 5.41 Å². The number of aromatic nitrogens is 1. The third-order valence-electron chi connectivity index (χ3n) is 5.81. The third kappa shape index (κ3) is 3.22. The van der Waals surface area contributed by atoms with Gasteiger partial charge in [0.1, 0.15) is 5.82 Å². The average molecular weight is 339 g/mol. The maximum Gasteiger partial charge on any atom is 0.123 e. The second-order valence-corrected chi connectivity index (χ2v) is 8.50. The zero-order valence-electron chi connectivity index (χ0n) is 15.1. The lowest BCUT2D eigenvalue weighted by Gasteiger charge is -2.36. The van der Waals surface area contributed by atoms with E-state index >= 15 is 0 Å². The molecule has 1 saturated carbocycles. The van der Waals surface area contributed by atoms with E-state index in [2.05, 4.69) is 19.9 Å². The molecule has 4 rings (SSSR count). The van der Waals surface area contributed by atoms with E-state index in [1.165, 1.54) is 37.8 Å². The minimum atomic E-state index is -0.510. The minimum Gasteiger partial charge on any atom is -0.388 e. The zero-order valence-corrected chi connectivity index (χ0v) is 15.1. The van der Waals surface area contributed by atoms with Crippen molar-refractivity contribution in [3.8, 4) is 11.1 Å². The topological polar surface area (TPSA) is 33.1 Å². The first-order valence-electron chi connectivity index (χ1n) is 9.41. The van der Waals surface area contributed by atoms with Gasteiger partial charge >= 0.3 is 0 Å². The summed E-state index contributed by atoms with van der Waals surface area (Å²) in [5.41, 5.74) is 5.20. The lowest BCUT2D eigenvalue weighted by molar-refractivity contribution is 0.0986. The molecule has 1 fully saturated rings. The molecule has 2 aromatic rings. The molecule has 2 aliphatic carbocycles. The van der Waals surface area contributed by atoms with Crippen LogP contribution in [0.4, 0.5) is 4.39 Å². The number of fused-ring (bicyclic) bond motifs is 1. The summed E-state index contributed by atoms with van der Waals surface area (Å²) >= 11 is 0. The second-order valence-electron chi connectivity index (χ2n) is 8.50. The van der Waals surface area contributed by atoms with Crippen molar-refractivity contribution in [2.75, 3.05) is 0 Å². The van der Waals surface area contributed by atoms with Crippen molar-refractivity contribution in [1.82, 2.24) is 4.98 Å². The number of aliphatic hydroxyl groups is 1. The van der Waals surface area contributed by atoms with Crippen LogP contribution in [0.3, 0.4) is 0 Å². The fourth-order valence-corrected chi connectivity index (χ4v) is 4.59. The molecule has 2 aliphatic rings. The van der Waals surface area contributed by atoms with Gasteiger partial charge in [0.05, 0.1) is 6.10 Å². The molecule has 1 aromatic carbocycles. The molecule has 0 amide bonds. The van der Waals surface area contributed by atoms with Crippen molar-refractivity contribution < 1.29 is 9.50 Å². The van der Waals surface area contributed by atoms with Crippen LogP contribution in [-0.2, 0) is 6.42 Å². The molecular weight excluding hydrogens is 313 g/mol. The third-order valence-corrected chi connectivity index (χ3v) is 5.81. The summed E-state index contributed by atoms with van der Waals surface area (Å²) in [7, 11) is 0. The molecule has 0 aliphatic heterocycles. The van der Waals surface area contributed by atoms with Crippen LogP contribution in [0.1, 0.15) is 74.9 Å². The Morgan fingerprint density at radius 1 is 1.12 bits per heavy atom. The van der Waals surface area contributed by atoms with Crippen LogP contribution in [0.15, 0.2) is 30.3 Å². The molecule has 1 aromatic heterocycles. The number of aliphatic hydroxyl groups excluding tert-OH is 1. The molecule has 0 saturated heterocycles. The first kappa shape index (κ1) is 16.7. The van der Waals surface area contributed by atoms with E-state index < -0.39 is 6.10 Å². The summed E-state index contributed by atoms with van der Waals surface area (Å²) in [5.74, 6) is 0.288. The van der Waals surface area contributed by atoms with Gasteiger partial charge in [-0.15, -0.1) is 0 Å². The van der Waals surface area contributed by atoms with Crippen molar-refractivity contribution in [3.63, 3.8) is 0 Å². The quantitative estimate of drug-likeness (QED) is 0.778. The maximum absolute atomic E-state index is 13.4. The molecule has 1 N–H and O–H groups in total. The molecule has 1 unspecified atom stereocenters. The summed E-state index contributed by atoms with van der Waals surface area (Å²) in [6.45, 7) is 4.39. The number of pyridine rings is 1. The molecular formula is C22H26FNO. The number of halogens is 1. The number of rotatable bonds is 2. The Balaban J connectivity index is 1.88. The standard InChI is InChI=1S/C22H26FNO/c1-22(2)12-19-21(20(25)13-22)17(14-7-9-16(23)10-8-14)11-18(24-19)15-5-3-4-6-15/h7-11,15,20,25H,3-6,12-13H2,1-2H3.